The van der Waals surface area contributed by atoms with E-state index in [0.717, 1.165) is 0 Å². The highest BCUT2D eigenvalue weighted by molar-refractivity contribution is 6.15. The number of hydrogen-bond acceptors (Lipinski definition) is 8. The second-order valence-corrected chi connectivity index (χ2v) is 6.38. The highest BCUT2D eigenvalue weighted by Gasteiger charge is 2.41. The van der Waals surface area contributed by atoms with Crippen molar-refractivity contribution in [2.45, 2.75) is 45.6 Å². The first-order chi connectivity index (χ1) is 11.5. The van der Waals surface area contributed by atoms with E-state index in [1.807, 2.05) is 0 Å². The van der Waals surface area contributed by atoms with Gasteiger partial charge in [0.15, 0.2) is 6.29 Å². The minimum atomic E-state index is -1.33. The number of carbonyl (C=O) groups excluding carboxylic acids is 3. The lowest BCUT2D eigenvalue weighted by Gasteiger charge is -2.36. The van der Waals surface area contributed by atoms with E-state index < -0.39 is 41.7 Å². The third-order valence-corrected chi connectivity index (χ3v) is 3.25. The first-order valence-corrected chi connectivity index (χ1v) is 7.61. The van der Waals surface area contributed by atoms with E-state index in [4.69, 9.17) is 18.9 Å². The molecule has 0 amide bonds. The highest BCUT2D eigenvalue weighted by atomic mass is 16.8. The van der Waals surface area contributed by atoms with Crippen LogP contribution in [0.15, 0.2) is 36.0 Å². The molecule has 0 aromatic heterocycles. The Morgan fingerprint density at radius 1 is 0.880 bits per heavy atom. The minimum Gasteiger partial charge on any atom is -0.433 e. The Kier molecular flexibility index (Phi) is 5.15. The summed E-state index contributed by atoms with van der Waals surface area (Å²) < 4.78 is 20.1. The maximum Gasteiger partial charge on any atom is 0.348 e. The van der Waals surface area contributed by atoms with Gasteiger partial charge in [0.1, 0.15) is 11.5 Å². The van der Waals surface area contributed by atoms with Gasteiger partial charge in [0.05, 0.1) is 0 Å². The molecule has 8 nitrogen and oxygen atoms in total. The topological polar surface area (TPSA) is 108 Å². The molecule has 2 fully saturated rings. The molecule has 0 aromatic rings. The second-order valence-electron chi connectivity index (χ2n) is 6.38. The van der Waals surface area contributed by atoms with Gasteiger partial charge in [0.25, 0.3) is 5.79 Å². The fourth-order valence-electron chi connectivity index (χ4n) is 2.18. The van der Waals surface area contributed by atoms with Crippen LogP contribution in [0.2, 0.25) is 0 Å². The molecule has 1 N–H and O–H groups in total. The molecule has 2 saturated heterocycles. The summed E-state index contributed by atoms with van der Waals surface area (Å²) in [6, 6.07) is 0. The van der Waals surface area contributed by atoms with Crippen LogP contribution < -0.4 is 0 Å². The van der Waals surface area contributed by atoms with Crippen molar-refractivity contribution in [3.8, 4) is 0 Å². The first-order valence-electron chi connectivity index (χ1n) is 7.61. The number of rotatable bonds is 3. The third kappa shape index (κ3) is 4.77. The van der Waals surface area contributed by atoms with Gasteiger partial charge in [-0.25, -0.2) is 9.59 Å². The third-order valence-electron chi connectivity index (χ3n) is 3.25. The Bertz CT molecular complexity index is 646. The summed E-state index contributed by atoms with van der Waals surface area (Å²) in [5, 5.41) is 9.82. The van der Waals surface area contributed by atoms with Crippen molar-refractivity contribution in [2.75, 3.05) is 0 Å². The molecule has 136 valence electrons. The molecule has 2 atom stereocenters. The van der Waals surface area contributed by atoms with Crippen LogP contribution in [0, 0.1) is 5.92 Å². The summed E-state index contributed by atoms with van der Waals surface area (Å²) >= 11 is 0. The number of allylic oxidation sites excluding steroid dienone is 4. The molecule has 0 radical (unpaired) electrons. The van der Waals surface area contributed by atoms with E-state index >= 15 is 0 Å². The van der Waals surface area contributed by atoms with Crippen LogP contribution in [0.4, 0.5) is 0 Å². The summed E-state index contributed by atoms with van der Waals surface area (Å²) in [5.41, 5.74) is -0.244. The monoisotopic (exact) mass is 352 g/mol. The number of ether oxygens (including phenoxy) is 4. The number of hydrogen-bond donors (Lipinski definition) is 1. The zero-order valence-corrected chi connectivity index (χ0v) is 14.3. The molecule has 0 spiro atoms. The van der Waals surface area contributed by atoms with Crippen LogP contribution in [0.1, 0.15) is 27.7 Å². The molecule has 2 unspecified atom stereocenters. The van der Waals surface area contributed by atoms with Gasteiger partial charge in [-0.05, 0) is 6.08 Å². The fraction of sp³-hybridized carbons (Fsp3) is 0.471. The van der Waals surface area contributed by atoms with E-state index in [0.29, 0.717) is 0 Å². The molecule has 25 heavy (non-hydrogen) atoms. The van der Waals surface area contributed by atoms with Gasteiger partial charge in [0, 0.05) is 27.7 Å². The molecule has 2 rings (SSSR count). The van der Waals surface area contributed by atoms with Gasteiger partial charge in [-0.15, -0.1) is 0 Å². The van der Waals surface area contributed by atoms with E-state index in [1.165, 1.54) is 58.1 Å². The van der Waals surface area contributed by atoms with Crippen molar-refractivity contribution in [2.24, 2.45) is 5.92 Å². The van der Waals surface area contributed by atoms with E-state index in [2.05, 4.69) is 0 Å². The lowest BCUT2D eigenvalue weighted by Crippen LogP contribution is -2.48. The van der Waals surface area contributed by atoms with Crippen molar-refractivity contribution >= 4 is 17.9 Å². The molecule has 0 saturated carbocycles. The predicted molar refractivity (Wildman–Crippen MR) is 83.4 cm³/mol. The fourth-order valence-corrected chi connectivity index (χ4v) is 2.18. The quantitative estimate of drug-likeness (QED) is 0.348. The smallest absolute Gasteiger partial charge is 0.348 e. The van der Waals surface area contributed by atoms with Crippen LogP contribution in [0.25, 0.3) is 0 Å². The Balaban J connectivity index is 1.99. The average Bonchev–Trinajstić information content (AvgIpc) is 2.40. The van der Waals surface area contributed by atoms with Crippen molar-refractivity contribution in [3.63, 3.8) is 0 Å². The molecule has 2 aliphatic heterocycles. The van der Waals surface area contributed by atoms with Gasteiger partial charge in [-0.3, -0.25) is 4.79 Å². The Morgan fingerprint density at radius 2 is 1.48 bits per heavy atom. The van der Waals surface area contributed by atoms with E-state index in [1.54, 1.807) is 0 Å². The van der Waals surface area contributed by atoms with Crippen LogP contribution in [0.5, 0.6) is 0 Å². The van der Waals surface area contributed by atoms with Crippen molar-refractivity contribution < 1.29 is 38.4 Å². The van der Waals surface area contributed by atoms with E-state index in [-0.39, 0.29) is 5.57 Å². The summed E-state index contributed by atoms with van der Waals surface area (Å²) in [7, 11) is 0. The lowest BCUT2D eigenvalue weighted by molar-refractivity contribution is -0.309. The molecule has 8 heteroatoms. The van der Waals surface area contributed by atoms with Crippen LogP contribution in [-0.4, -0.2) is 40.9 Å². The minimum absolute atomic E-state index is 0.244. The molecular weight excluding hydrogens is 332 g/mol. The lowest BCUT2D eigenvalue weighted by atomic mass is 10.1. The maximum atomic E-state index is 11.8. The predicted octanol–water partition coefficient (Wildman–Crippen LogP) is 1.11. The standard InChI is InChI=1S/C17H20O8/c1-16(2)22-12(18)10(13(19)23-16)8-6-5-7-9-11-14(20)24-17(3,4)25-15(11)21/h5-10,12,18H,1-4H3. The van der Waals surface area contributed by atoms with Gasteiger partial charge < -0.3 is 24.1 Å². The molecule has 2 heterocycles. The molecule has 0 aliphatic carbocycles. The summed E-state index contributed by atoms with van der Waals surface area (Å²) in [6.45, 7) is 5.94. The number of esters is 3. The largest absolute Gasteiger partial charge is 0.433 e. The van der Waals surface area contributed by atoms with Crippen LogP contribution in [0.3, 0.4) is 0 Å². The Hall–Kier alpha value is -2.45. The summed E-state index contributed by atoms with van der Waals surface area (Å²) in [4.78, 5) is 35.3. The number of aliphatic hydroxyl groups excluding tert-OH is 1. The average molecular weight is 352 g/mol. The maximum absolute atomic E-state index is 11.8. The van der Waals surface area contributed by atoms with Gasteiger partial charge in [0.2, 0.25) is 5.79 Å². The molecular formula is C17H20O8. The van der Waals surface area contributed by atoms with Gasteiger partial charge >= 0.3 is 17.9 Å². The normalized spacial score (nSPS) is 28.7. The number of aliphatic hydroxyl groups is 1. The number of cyclic esters (lactones) is 3. The summed E-state index contributed by atoms with van der Waals surface area (Å²) in [6.07, 6.45) is 5.62. The zero-order chi connectivity index (χ0) is 18.8. The zero-order valence-electron chi connectivity index (χ0n) is 14.3. The van der Waals surface area contributed by atoms with Crippen molar-refractivity contribution in [1.82, 2.24) is 0 Å². The molecule has 0 aromatic carbocycles. The SMILES string of the molecule is CC1(C)OC(=O)C(=CC=CC=CC2C(=O)OC(C)(C)OC2O)C(=O)O1. The van der Waals surface area contributed by atoms with Crippen molar-refractivity contribution in [3.05, 3.63) is 36.0 Å². The van der Waals surface area contributed by atoms with Gasteiger partial charge in [-0.2, -0.15) is 0 Å². The summed E-state index contributed by atoms with van der Waals surface area (Å²) in [5.74, 6) is -5.63. The van der Waals surface area contributed by atoms with Crippen LogP contribution in [-0.2, 0) is 33.3 Å². The molecule has 2 aliphatic rings. The number of carbonyl (C=O) groups is 3. The first kappa shape index (κ1) is 18.9. The Morgan fingerprint density at radius 3 is 2.04 bits per heavy atom. The second kappa shape index (κ2) is 6.81. The molecule has 0 bridgehead atoms. The van der Waals surface area contributed by atoms with Crippen molar-refractivity contribution in [1.29, 1.82) is 0 Å². The van der Waals surface area contributed by atoms with Gasteiger partial charge in [-0.1, -0.05) is 24.3 Å². The van der Waals surface area contributed by atoms with E-state index in [9.17, 15) is 19.5 Å². The Labute approximate surface area is 144 Å². The highest BCUT2D eigenvalue weighted by Crippen LogP contribution is 2.27. The van der Waals surface area contributed by atoms with Crippen LogP contribution >= 0.6 is 0 Å².